The lowest BCUT2D eigenvalue weighted by molar-refractivity contribution is -0.117. The van der Waals surface area contributed by atoms with Gasteiger partial charge in [-0.2, -0.15) is 0 Å². The lowest BCUT2D eigenvalue weighted by atomic mass is 10.3. The maximum Gasteiger partial charge on any atom is 0.129 e. The van der Waals surface area contributed by atoms with Crippen molar-refractivity contribution in [3.63, 3.8) is 0 Å². The van der Waals surface area contributed by atoms with E-state index in [4.69, 9.17) is 0 Å². The Hall–Kier alpha value is -0.156. The van der Waals surface area contributed by atoms with Gasteiger partial charge in [-0.3, -0.25) is 0 Å². The number of allylic oxidation sites excluding steroid dienone is 1. The van der Waals surface area contributed by atoms with Crippen LogP contribution >= 0.6 is 0 Å². The SMILES string of the molecule is C=CC([Si](C)(C)C)[Si](C)(C)CCCC(C)=O. The molecule has 16 heavy (non-hydrogen) atoms. The highest BCUT2D eigenvalue weighted by atomic mass is 28.4. The van der Waals surface area contributed by atoms with Crippen molar-refractivity contribution in [3.8, 4) is 0 Å². The zero-order valence-corrected chi connectivity index (χ0v) is 13.9. The molecular formula is C13H28OSi2. The van der Waals surface area contributed by atoms with E-state index in [2.05, 4.69) is 45.4 Å². The van der Waals surface area contributed by atoms with Crippen molar-refractivity contribution in [2.75, 3.05) is 0 Å². The lowest BCUT2D eigenvalue weighted by Crippen LogP contribution is -2.44. The Balaban J connectivity index is 4.49. The molecule has 0 spiro atoms. The van der Waals surface area contributed by atoms with Crippen LogP contribution in [0.4, 0.5) is 0 Å². The van der Waals surface area contributed by atoms with E-state index in [1.807, 2.05) is 0 Å². The summed E-state index contributed by atoms with van der Waals surface area (Å²) in [4.78, 5) is 11.0. The molecule has 0 fully saturated rings. The highest BCUT2D eigenvalue weighted by Gasteiger charge is 2.37. The minimum atomic E-state index is -1.24. The van der Waals surface area contributed by atoms with Gasteiger partial charge in [0, 0.05) is 14.5 Å². The fraction of sp³-hybridized carbons (Fsp3) is 0.769. The molecule has 0 radical (unpaired) electrons. The Labute approximate surface area is 103 Å². The Morgan fingerprint density at radius 3 is 2.06 bits per heavy atom. The van der Waals surface area contributed by atoms with Crippen molar-refractivity contribution in [1.82, 2.24) is 0 Å². The summed E-state index contributed by atoms with van der Waals surface area (Å²) in [7, 11) is -2.38. The van der Waals surface area contributed by atoms with Crippen LogP contribution in [0.3, 0.4) is 0 Å². The monoisotopic (exact) mass is 256 g/mol. The first-order chi connectivity index (χ1) is 7.11. The Morgan fingerprint density at radius 2 is 1.75 bits per heavy atom. The molecule has 0 aromatic rings. The third kappa shape index (κ3) is 5.26. The molecule has 1 unspecified atom stereocenters. The van der Waals surface area contributed by atoms with Crippen LogP contribution in [0.1, 0.15) is 19.8 Å². The summed E-state index contributed by atoms with van der Waals surface area (Å²) < 4.78 is 0. The van der Waals surface area contributed by atoms with Crippen molar-refractivity contribution >= 4 is 21.9 Å². The van der Waals surface area contributed by atoms with E-state index in [9.17, 15) is 4.79 Å². The predicted molar refractivity (Wildman–Crippen MR) is 79.5 cm³/mol. The number of carbonyl (C=O) groups is 1. The number of carbonyl (C=O) groups excluding carboxylic acids is 1. The van der Waals surface area contributed by atoms with Gasteiger partial charge in [-0.15, -0.1) is 6.58 Å². The third-order valence-electron chi connectivity index (χ3n) is 3.36. The minimum absolute atomic E-state index is 0.327. The van der Waals surface area contributed by atoms with Crippen LogP contribution in [0.15, 0.2) is 12.7 Å². The molecule has 0 amide bonds. The summed E-state index contributed by atoms with van der Waals surface area (Å²) in [5.41, 5.74) is 0. The predicted octanol–water partition coefficient (Wildman–Crippen LogP) is 4.50. The summed E-state index contributed by atoms with van der Waals surface area (Å²) >= 11 is 0. The molecule has 0 aliphatic rings. The van der Waals surface area contributed by atoms with Crippen LogP contribution in [0.2, 0.25) is 43.9 Å². The first-order valence-corrected chi connectivity index (χ1v) is 13.1. The van der Waals surface area contributed by atoms with E-state index >= 15 is 0 Å². The second-order valence-corrected chi connectivity index (χ2v) is 17.7. The standard InChI is InChI=1S/C13H28OSi2/c1-8-13(15(3,4)5)16(6,7)11-9-10-12(2)14/h8,13H,1,9-11H2,2-7H3. The van der Waals surface area contributed by atoms with E-state index in [0.717, 1.165) is 18.0 Å². The summed E-state index contributed by atoms with van der Waals surface area (Å²) in [5.74, 6) is 0.327. The Kier molecular flexibility index (Phi) is 5.90. The van der Waals surface area contributed by atoms with Gasteiger partial charge in [-0.1, -0.05) is 44.9 Å². The number of ketones is 1. The zero-order valence-electron chi connectivity index (χ0n) is 11.9. The van der Waals surface area contributed by atoms with E-state index in [1.54, 1.807) is 6.92 Å². The molecule has 0 saturated heterocycles. The molecule has 0 heterocycles. The molecule has 1 atom stereocenters. The van der Waals surface area contributed by atoms with Gasteiger partial charge >= 0.3 is 0 Å². The quantitative estimate of drug-likeness (QED) is 0.484. The second-order valence-electron chi connectivity index (χ2n) is 6.62. The summed E-state index contributed by atoms with van der Waals surface area (Å²) in [6.07, 6.45) is 4.03. The molecule has 0 N–H and O–H groups in total. The van der Waals surface area contributed by atoms with Crippen LogP contribution in [0.25, 0.3) is 0 Å². The Bertz CT molecular complexity index is 251. The highest BCUT2D eigenvalue weighted by molar-refractivity contribution is 6.97. The van der Waals surface area contributed by atoms with Crippen LogP contribution < -0.4 is 0 Å². The van der Waals surface area contributed by atoms with Gasteiger partial charge in [0.2, 0.25) is 0 Å². The van der Waals surface area contributed by atoms with Gasteiger partial charge in [0.25, 0.3) is 0 Å². The number of hydrogen-bond donors (Lipinski definition) is 0. The normalized spacial score (nSPS) is 14.6. The molecule has 0 aromatic carbocycles. The fourth-order valence-electron chi connectivity index (χ4n) is 2.79. The van der Waals surface area contributed by atoms with Crippen LogP contribution in [-0.2, 0) is 4.79 Å². The zero-order chi connectivity index (χ0) is 13.0. The van der Waals surface area contributed by atoms with Crippen molar-refractivity contribution in [2.45, 2.75) is 63.7 Å². The van der Waals surface area contributed by atoms with E-state index in [-0.39, 0.29) is 0 Å². The van der Waals surface area contributed by atoms with Gasteiger partial charge < -0.3 is 4.79 Å². The first kappa shape index (κ1) is 15.8. The molecule has 0 aromatic heterocycles. The molecule has 3 heteroatoms. The van der Waals surface area contributed by atoms with Crippen molar-refractivity contribution in [2.24, 2.45) is 0 Å². The third-order valence-corrected chi connectivity index (χ3v) is 14.0. The fourth-order valence-corrected chi connectivity index (χ4v) is 15.3. The van der Waals surface area contributed by atoms with Gasteiger partial charge in [0.1, 0.15) is 5.78 Å². The summed E-state index contributed by atoms with van der Waals surface area (Å²) in [6, 6.07) is 1.26. The lowest BCUT2D eigenvalue weighted by Gasteiger charge is -2.38. The molecule has 0 rings (SSSR count). The largest absolute Gasteiger partial charge is 0.300 e. The topological polar surface area (TPSA) is 17.1 Å². The highest BCUT2D eigenvalue weighted by Crippen LogP contribution is 2.36. The minimum Gasteiger partial charge on any atom is -0.300 e. The van der Waals surface area contributed by atoms with Gasteiger partial charge in [-0.05, 0) is 18.5 Å². The van der Waals surface area contributed by atoms with Crippen LogP contribution in [0, 0.1) is 0 Å². The Morgan fingerprint density at radius 1 is 1.25 bits per heavy atom. The van der Waals surface area contributed by atoms with Crippen molar-refractivity contribution in [1.29, 1.82) is 0 Å². The molecule has 0 aliphatic carbocycles. The summed E-state index contributed by atoms with van der Waals surface area (Å²) in [6.45, 7) is 17.9. The number of Topliss-reactive ketones (excluding diaryl/α,β-unsaturated/α-hetero) is 1. The average molecular weight is 257 g/mol. The van der Waals surface area contributed by atoms with E-state index in [1.165, 1.54) is 6.04 Å². The van der Waals surface area contributed by atoms with Gasteiger partial charge in [-0.25, -0.2) is 0 Å². The average Bonchev–Trinajstić information content (AvgIpc) is 1.99. The molecule has 1 nitrogen and oxygen atoms in total. The van der Waals surface area contributed by atoms with E-state index in [0.29, 0.717) is 5.78 Å². The molecule has 0 bridgehead atoms. The van der Waals surface area contributed by atoms with Crippen LogP contribution in [0.5, 0.6) is 0 Å². The van der Waals surface area contributed by atoms with Crippen molar-refractivity contribution < 1.29 is 4.79 Å². The van der Waals surface area contributed by atoms with Crippen molar-refractivity contribution in [3.05, 3.63) is 12.7 Å². The smallest absolute Gasteiger partial charge is 0.129 e. The maximum atomic E-state index is 11.0. The molecule has 0 aliphatic heterocycles. The van der Waals surface area contributed by atoms with Gasteiger partial charge in [0.15, 0.2) is 0 Å². The molecule has 0 saturated carbocycles. The maximum absolute atomic E-state index is 11.0. The van der Waals surface area contributed by atoms with E-state index < -0.39 is 16.1 Å². The summed E-state index contributed by atoms with van der Waals surface area (Å²) in [5, 5.41) is 0.756. The number of hydrogen-bond acceptors (Lipinski definition) is 1. The molecule has 94 valence electrons. The van der Waals surface area contributed by atoms with Gasteiger partial charge in [0.05, 0.1) is 8.07 Å². The first-order valence-electron chi connectivity index (χ1n) is 6.23. The second kappa shape index (κ2) is 5.96. The van der Waals surface area contributed by atoms with Crippen LogP contribution in [-0.4, -0.2) is 21.9 Å². The number of rotatable bonds is 7. The molecular weight excluding hydrogens is 228 g/mol.